The summed E-state index contributed by atoms with van der Waals surface area (Å²) in [5.41, 5.74) is 0. The first kappa shape index (κ1) is 13.9. The molecule has 1 nitrogen and oxygen atoms in total. The molecule has 1 atom stereocenters. The van der Waals surface area contributed by atoms with Gasteiger partial charge in [0, 0.05) is 26.7 Å². The zero-order chi connectivity index (χ0) is 12.3. The first-order valence-electron chi connectivity index (χ1n) is 6.22. The predicted molar refractivity (Wildman–Crippen MR) is 83.1 cm³/mol. The molecule has 1 saturated carbocycles. The van der Waals surface area contributed by atoms with Crippen LogP contribution in [0.15, 0.2) is 15.9 Å². The van der Waals surface area contributed by atoms with Crippen molar-refractivity contribution in [2.24, 2.45) is 0 Å². The highest BCUT2D eigenvalue weighted by atomic mass is 79.9. The molecule has 1 unspecified atom stereocenters. The van der Waals surface area contributed by atoms with Gasteiger partial charge in [0.2, 0.25) is 0 Å². The SMILES string of the molecule is CSC1CCC(NC(C)c2sccc2Br)CC1. The van der Waals surface area contributed by atoms with E-state index in [4.69, 9.17) is 0 Å². The first-order chi connectivity index (χ1) is 8.20. The average molecular weight is 334 g/mol. The summed E-state index contributed by atoms with van der Waals surface area (Å²) in [5.74, 6) is 0. The van der Waals surface area contributed by atoms with Crippen molar-refractivity contribution in [3.05, 3.63) is 20.8 Å². The maximum atomic E-state index is 3.78. The van der Waals surface area contributed by atoms with Crippen LogP contribution in [0, 0.1) is 0 Å². The monoisotopic (exact) mass is 333 g/mol. The third kappa shape index (κ3) is 3.72. The molecule has 17 heavy (non-hydrogen) atoms. The van der Waals surface area contributed by atoms with Crippen LogP contribution in [0.25, 0.3) is 0 Å². The quantitative estimate of drug-likeness (QED) is 0.846. The van der Waals surface area contributed by atoms with E-state index < -0.39 is 0 Å². The molecule has 96 valence electrons. The van der Waals surface area contributed by atoms with E-state index in [2.05, 4.69) is 45.9 Å². The van der Waals surface area contributed by atoms with Gasteiger partial charge in [-0.2, -0.15) is 11.8 Å². The van der Waals surface area contributed by atoms with Gasteiger partial charge in [-0.3, -0.25) is 0 Å². The lowest BCUT2D eigenvalue weighted by Gasteiger charge is -2.30. The Balaban J connectivity index is 1.84. The van der Waals surface area contributed by atoms with Gasteiger partial charge in [0.1, 0.15) is 0 Å². The zero-order valence-electron chi connectivity index (χ0n) is 10.4. The molecule has 4 heteroatoms. The number of thiophene rings is 1. The summed E-state index contributed by atoms with van der Waals surface area (Å²) >= 11 is 7.49. The Bertz CT molecular complexity index is 345. The van der Waals surface area contributed by atoms with Gasteiger partial charge in [-0.15, -0.1) is 11.3 Å². The molecule has 1 aromatic heterocycles. The highest BCUT2D eigenvalue weighted by Gasteiger charge is 2.22. The van der Waals surface area contributed by atoms with Crippen LogP contribution in [0.4, 0.5) is 0 Å². The maximum absolute atomic E-state index is 3.78. The normalized spacial score (nSPS) is 27.0. The van der Waals surface area contributed by atoms with Crippen LogP contribution < -0.4 is 5.32 Å². The minimum absolute atomic E-state index is 0.472. The number of rotatable bonds is 4. The molecular weight excluding hydrogens is 314 g/mol. The lowest BCUT2D eigenvalue weighted by Crippen LogP contribution is -2.35. The molecule has 0 aliphatic heterocycles. The molecule has 0 saturated heterocycles. The average Bonchev–Trinajstić information content (AvgIpc) is 2.76. The van der Waals surface area contributed by atoms with Gasteiger partial charge in [-0.05, 0) is 66.2 Å². The molecule has 1 N–H and O–H groups in total. The fourth-order valence-corrected chi connectivity index (χ4v) is 4.99. The molecule has 1 fully saturated rings. The largest absolute Gasteiger partial charge is 0.307 e. The van der Waals surface area contributed by atoms with Gasteiger partial charge < -0.3 is 5.32 Å². The standard InChI is InChI=1S/C13H20BrNS2/c1-9(13-12(14)7-8-17-13)15-10-3-5-11(16-2)6-4-10/h7-11,15H,3-6H2,1-2H3. The summed E-state index contributed by atoms with van der Waals surface area (Å²) in [4.78, 5) is 1.43. The second-order valence-electron chi connectivity index (χ2n) is 4.73. The Kier molecular flexibility index (Phi) is 5.40. The van der Waals surface area contributed by atoms with Gasteiger partial charge in [-0.1, -0.05) is 0 Å². The second kappa shape index (κ2) is 6.60. The van der Waals surface area contributed by atoms with E-state index in [1.54, 1.807) is 0 Å². The van der Waals surface area contributed by atoms with E-state index in [1.165, 1.54) is 35.0 Å². The van der Waals surface area contributed by atoms with Crippen molar-refractivity contribution in [3.63, 3.8) is 0 Å². The number of hydrogen-bond acceptors (Lipinski definition) is 3. The topological polar surface area (TPSA) is 12.0 Å². The van der Waals surface area contributed by atoms with E-state index in [1.807, 2.05) is 23.1 Å². The van der Waals surface area contributed by atoms with E-state index in [9.17, 15) is 0 Å². The zero-order valence-corrected chi connectivity index (χ0v) is 13.6. The maximum Gasteiger partial charge on any atom is 0.0399 e. The molecular formula is C13H20BrNS2. The highest BCUT2D eigenvalue weighted by Crippen LogP contribution is 2.32. The van der Waals surface area contributed by atoms with Gasteiger partial charge in [-0.25, -0.2) is 0 Å². The predicted octanol–water partition coefficient (Wildman–Crippen LogP) is 4.84. The van der Waals surface area contributed by atoms with E-state index >= 15 is 0 Å². The van der Waals surface area contributed by atoms with Gasteiger partial charge in [0.05, 0.1) is 0 Å². The van der Waals surface area contributed by atoms with Crippen molar-refractivity contribution < 1.29 is 0 Å². The van der Waals surface area contributed by atoms with E-state index in [0.717, 1.165) is 5.25 Å². The number of nitrogens with one attached hydrogen (secondary N) is 1. The molecule has 0 bridgehead atoms. The lowest BCUT2D eigenvalue weighted by molar-refractivity contribution is 0.353. The van der Waals surface area contributed by atoms with Gasteiger partial charge >= 0.3 is 0 Å². The molecule has 0 amide bonds. The molecule has 2 rings (SSSR count). The summed E-state index contributed by atoms with van der Waals surface area (Å²) in [6, 6.07) is 3.32. The summed E-state index contributed by atoms with van der Waals surface area (Å²) in [5, 5.41) is 6.83. The molecule has 0 aromatic carbocycles. The second-order valence-corrected chi connectivity index (χ2v) is 7.67. The van der Waals surface area contributed by atoms with Crippen molar-refractivity contribution in [1.82, 2.24) is 5.32 Å². The summed E-state index contributed by atoms with van der Waals surface area (Å²) in [7, 11) is 0. The van der Waals surface area contributed by atoms with Crippen LogP contribution in [0.1, 0.15) is 43.5 Å². The van der Waals surface area contributed by atoms with Crippen molar-refractivity contribution in [2.75, 3.05) is 6.26 Å². The van der Waals surface area contributed by atoms with Gasteiger partial charge in [0.25, 0.3) is 0 Å². The Labute approximate surface area is 121 Å². The third-order valence-corrected chi connectivity index (χ3v) is 6.72. The van der Waals surface area contributed by atoms with Crippen molar-refractivity contribution in [1.29, 1.82) is 0 Å². The summed E-state index contributed by atoms with van der Waals surface area (Å²) in [6.45, 7) is 2.28. The van der Waals surface area contributed by atoms with E-state index in [0.29, 0.717) is 12.1 Å². The molecule has 0 spiro atoms. The van der Waals surface area contributed by atoms with Gasteiger partial charge in [0.15, 0.2) is 0 Å². The summed E-state index contributed by atoms with van der Waals surface area (Å²) < 4.78 is 1.25. The fourth-order valence-electron chi connectivity index (χ4n) is 2.51. The van der Waals surface area contributed by atoms with Crippen LogP contribution >= 0.6 is 39.0 Å². The minimum Gasteiger partial charge on any atom is -0.307 e. The van der Waals surface area contributed by atoms with Crippen molar-refractivity contribution in [3.8, 4) is 0 Å². The Morgan fingerprint density at radius 1 is 1.41 bits per heavy atom. The van der Waals surface area contributed by atoms with Crippen LogP contribution in [-0.2, 0) is 0 Å². The van der Waals surface area contributed by atoms with E-state index in [-0.39, 0.29) is 0 Å². The smallest absolute Gasteiger partial charge is 0.0399 e. The first-order valence-corrected chi connectivity index (χ1v) is 9.18. The minimum atomic E-state index is 0.472. The summed E-state index contributed by atoms with van der Waals surface area (Å²) in [6.07, 6.45) is 7.65. The fraction of sp³-hybridized carbons (Fsp3) is 0.692. The highest BCUT2D eigenvalue weighted by molar-refractivity contribution is 9.10. The molecule has 1 aliphatic rings. The molecule has 1 aromatic rings. The number of thioether (sulfide) groups is 1. The molecule has 0 radical (unpaired) electrons. The van der Waals surface area contributed by atoms with Crippen LogP contribution in [0.3, 0.4) is 0 Å². The Hall–Kier alpha value is 0.490. The van der Waals surface area contributed by atoms with Crippen LogP contribution in [0.5, 0.6) is 0 Å². The van der Waals surface area contributed by atoms with Crippen molar-refractivity contribution >= 4 is 39.0 Å². The number of halogens is 1. The Morgan fingerprint density at radius 3 is 2.65 bits per heavy atom. The number of hydrogen-bond donors (Lipinski definition) is 1. The molecule has 1 heterocycles. The van der Waals surface area contributed by atoms with Crippen LogP contribution in [-0.4, -0.2) is 17.5 Å². The molecule has 1 aliphatic carbocycles. The lowest BCUT2D eigenvalue weighted by atomic mass is 9.94. The third-order valence-electron chi connectivity index (χ3n) is 3.53. The van der Waals surface area contributed by atoms with Crippen molar-refractivity contribution in [2.45, 2.75) is 49.9 Å². The van der Waals surface area contributed by atoms with Crippen LogP contribution in [0.2, 0.25) is 0 Å². The Morgan fingerprint density at radius 2 is 2.12 bits per heavy atom.